The summed E-state index contributed by atoms with van der Waals surface area (Å²) in [7, 11) is 0. The summed E-state index contributed by atoms with van der Waals surface area (Å²) >= 11 is 13.5. The molecule has 5 rings (SSSR count). The van der Waals surface area contributed by atoms with Crippen molar-refractivity contribution in [3.05, 3.63) is 75.3 Å². The van der Waals surface area contributed by atoms with Gasteiger partial charge < -0.3 is 40.4 Å². The molecule has 1 atom stereocenters. The van der Waals surface area contributed by atoms with E-state index in [-0.39, 0.29) is 46.2 Å². The van der Waals surface area contributed by atoms with Crippen molar-refractivity contribution in [2.45, 2.75) is 65.8 Å². The van der Waals surface area contributed by atoms with E-state index in [2.05, 4.69) is 26.0 Å². The third kappa shape index (κ3) is 9.63. The van der Waals surface area contributed by atoms with Gasteiger partial charge in [0.15, 0.2) is 0 Å². The number of rotatable bonds is 10. The van der Waals surface area contributed by atoms with Gasteiger partial charge in [-0.05, 0) is 67.4 Å². The summed E-state index contributed by atoms with van der Waals surface area (Å²) in [6.45, 7) is 10.3. The molecule has 0 radical (unpaired) electrons. The molecule has 51 heavy (non-hydrogen) atoms. The van der Waals surface area contributed by atoms with Crippen molar-refractivity contribution in [1.82, 2.24) is 20.2 Å². The number of imidazole rings is 1. The highest BCUT2D eigenvalue weighted by molar-refractivity contribution is 6.39. The summed E-state index contributed by atoms with van der Waals surface area (Å²) < 4.78 is 49.7. The lowest BCUT2D eigenvalue weighted by atomic mass is 9.95. The molecule has 11 nitrogen and oxygen atoms in total. The number of aliphatic hydroxyl groups is 1. The van der Waals surface area contributed by atoms with Crippen LogP contribution < -0.4 is 26.0 Å². The molecular formula is C35H39Cl2F3N6O5. The van der Waals surface area contributed by atoms with E-state index < -0.39 is 35.1 Å². The zero-order chi connectivity index (χ0) is 37.3. The number of nitrogens with zero attached hydrogens (tertiary/aromatic N) is 2. The molecule has 274 valence electrons. The SMILES string of the molecule is CC(C)(O)Cn1c(Nc2c(Cl)ccc(CNC(=O)C(C)(C)C)c2Cl)nc2cc(C(=O)Nc3ccc(OC(F)(F)F)cc3)c(C3CNCCO3)cc21. The maximum atomic E-state index is 13.8. The highest BCUT2D eigenvalue weighted by Crippen LogP contribution is 2.38. The number of morpholine rings is 1. The minimum atomic E-state index is -4.85. The Morgan fingerprint density at radius 1 is 1.08 bits per heavy atom. The first-order valence-corrected chi connectivity index (χ1v) is 16.8. The molecule has 0 bridgehead atoms. The summed E-state index contributed by atoms with van der Waals surface area (Å²) in [6, 6.07) is 11.5. The van der Waals surface area contributed by atoms with E-state index in [0.717, 1.165) is 12.1 Å². The molecule has 1 unspecified atom stereocenters. The number of alkyl halides is 3. The third-order valence-corrected chi connectivity index (χ3v) is 8.60. The molecule has 5 N–H and O–H groups in total. The van der Waals surface area contributed by atoms with Gasteiger partial charge in [-0.15, -0.1) is 13.2 Å². The molecule has 4 aromatic rings. The van der Waals surface area contributed by atoms with Gasteiger partial charge in [0.25, 0.3) is 5.91 Å². The molecule has 0 spiro atoms. The van der Waals surface area contributed by atoms with Crippen LogP contribution in [0.15, 0.2) is 48.5 Å². The van der Waals surface area contributed by atoms with Crippen LogP contribution in [0, 0.1) is 5.41 Å². The van der Waals surface area contributed by atoms with Crippen molar-refractivity contribution in [2.75, 3.05) is 30.3 Å². The number of ether oxygens (including phenoxy) is 2. The molecule has 1 saturated heterocycles. The van der Waals surface area contributed by atoms with Crippen LogP contribution in [0.1, 0.15) is 62.2 Å². The Bertz CT molecular complexity index is 1910. The minimum absolute atomic E-state index is 0.0729. The lowest BCUT2D eigenvalue weighted by Crippen LogP contribution is -2.34. The van der Waals surface area contributed by atoms with E-state index >= 15 is 0 Å². The minimum Gasteiger partial charge on any atom is -0.406 e. The zero-order valence-electron chi connectivity index (χ0n) is 28.6. The van der Waals surface area contributed by atoms with Gasteiger partial charge in [0.2, 0.25) is 11.9 Å². The van der Waals surface area contributed by atoms with Crippen molar-refractivity contribution < 1.29 is 37.3 Å². The highest BCUT2D eigenvalue weighted by Gasteiger charge is 2.31. The summed E-state index contributed by atoms with van der Waals surface area (Å²) in [4.78, 5) is 31.1. The summed E-state index contributed by atoms with van der Waals surface area (Å²) in [5.41, 5.74) is 1.05. The fraction of sp³-hybridized carbons (Fsp3) is 0.400. The van der Waals surface area contributed by atoms with Crippen molar-refractivity contribution in [1.29, 1.82) is 0 Å². The van der Waals surface area contributed by atoms with Crippen molar-refractivity contribution in [3.63, 3.8) is 0 Å². The fourth-order valence-corrected chi connectivity index (χ4v) is 5.93. The average molecular weight is 752 g/mol. The number of fused-ring (bicyclic) bond motifs is 1. The van der Waals surface area contributed by atoms with E-state index in [1.165, 1.54) is 12.1 Å². The van der Waals surface area contributed by atoms with Crippen LogP contribution in [0.3, 0.4) is 0 Å². The quantitative estimate of drug-likeness (QED) is 0.114. The van der Waals surface area contributed by atoms with Crippen LogP contribution in [-0.4, -0.2) is 58.1 Å². The van der Waals surface area contributed by atoms with Gasteiger partial charge in [0, 0.05) is 36.3 Å². The maximum absolute atomic E-state index is 13.8. The molecule has 1 aliphatic heterocycles. The van der Waals surface area contributed by atoms with Crippen LogP contribution >= 0.6 is 23.2 Å². The maximum Gasteiger partial charge on any atom is 0.573 e. The number of amides is 2. The number of benzene rings is 3. The molecule has 1 aromatic heterocycles. The standard InChI is InChI=1S/C35H39Cl2F3N6O5/c1-33(2,3)31(48)42-16-19-6-11-24(36)29(28(19)37)45-32-44-25-14-23(30(47)43-20-7-9-21(10-8-20)51-35(38,39)40)22(27-17-41-12-13-50-27)15-26(25)46(32)18-34(4,5)49/h6-11,14-15,27,41,49H,12-13,16-18H2,1-5H3,(H,42,48)(H,43,47)(H,44,45). The van der Waals surface area contributed by atoms with Gasteiger partial charge in [-0.2, -0.15) is 0 Å². The molecule has 0 saturated carbocycles. The Morgan fingerprint density at radius 3 is 2.39 bits per heavy atom. The Hall–Kier alpha value is -4.08. The number of hydrogen-bond donors (Lipinski definition) is 5. The first-order valence-electron chi connectivity index (χ1n) is 16.1. The summed E-state index contributed by atoms with van der Waals surface area (Å²) in [6.07, 6.45) is -5.38. The van der Waals surface area contributed by atoms with Crippen LogP contribution in [-0.2, 0) is 22.6 Å². The lowest BCUT2D eigenvalue weighted by Gasteiger charge is -2.26. The number of anilines is 3. The van der Waals surface area contributed by atoms with E-state index in [1.54, 1.807) is 63.5 Å². The molecule has 1 aliphatic rings. The number of carbonyl (C=O) groups excluding carboxylic acids is 2. The number of hydrogen-bond acceptors (Lipinski definition) is 8. The highest BCUT2D eigenvalue weighted by atomic mass is 35.5. The largest absolute Gasteiger partial charge is 0.573 e. The molecular weight excluding hydrogens is 712 g/mol. The second kappa shape index (κ2) is 14.9. The summed E-state index contributed by atoms with van der Waals surface area (Å²) in [5.74, 6) is -0.871. The van der Waals surface area contributed by atoms with Crippen LogP contribution in [0.5, 0.6) is 5.75 Å². The molecule has 16 heteroatoms. The normalized spacial score (nSPS) is 15.5. The average Bonchev–Trinajstić information content (AvgIpc) is 3.36. The van der Waals surface area contributed by atoms with Gasteiger partial charge in [-0.3, -0.25) is 9.59 Å². The first kappa shape index (κ1) is 38.2. The van der Waals surface area contributed by atoms with E-state index in [1.807, 2.05) is 0 Å². The monoisotopic (exact) mass is 750 g/mol. The van der Waals surface area contributed by atoms with Gasteiger partial charge in [-0.25, -0.2) is 4.98 Å². The molecule has 1 fully saturated rings. The predicted molar refractivity (Wildman–Crippen MR) is 190 cm³/mol. The zero-order valence-corrected chi connectivity index (χ0v) is 30.1. The van der Waals surface area contributed by atoms with Gasteiger partial charge in [0.1, 0.15) is 5.75 Å². The van der Waals surface area contributed by atoms with E-state index in [4.69, 9.17) is 32.9 Å². The first-order chi connectivity index (χ1) is 23.8. The molecule has 0 aliphatic carbocycles. The Kier molecular flexibility index (Phi) is 11.1. The third-order valence-electron chi connectivity index (χ3n) is 7.86. The van der Waals surface area contributed by atoms with Gasteiger partial charge in [-0.1, -0.05) is 50.0 Å². The smallest absolute Gasteiger partial charge is 0.406 e. The van der Waals surface area contributed by atoms with Crippen molar-refractivity contribution >= 4 is 63.4 Å². The Morgan fingerprint density at radius 2 is 1.78 bits per heavy atom. The van der Waals surface area contributed by atoms with E-state index in [9.17, 15) is 27.9 Å². The van der Waals surface area contributed by atoms with Gasteiger partial charge in [0.05, 0.1) is 51.6 Å². The van der Waals surface area contributed by atoms with Gasteiger partial charge >= 0.3 is 6.36 Å². The topological polar surface area (TPSA) is 139 Å². The second-order valence-electron chi connectivity index (χ2n) is 13.8. The van der Waals surface area contributed by atoms with Crippen molar-refractivity contribution in [2.24, 2.45) is 5.41 Å². The Balaban J connectivity index is 1.55. The van der Waals surface area contributed by atoms with E-state index in [0.29, 0.717) is 47.5 Å². The second-order valence-corrected chi connectivity index (χ2v) is 14.6. The molecule has 2 amide bonds. The fourth-order valence-electron chi connectivity index (χ4n) is 5.40. The lowest BCUT2D eigenvalue weighted by molar-refractivity contribution is -0.274. The van der Waals surface area contributed by atoms with Crippen LogP contribution in [0.2, 0.25) is 10.0 Å². The van der Waals surface area contributed by atoms with Crippen LogP contribution in [0.25, 0.3) is 11.0 Å². The predicted octanol–water partition coefficient (Wildman–Crippen LogP) is 7.33. The molecule has 3 aromatic carbocycles. The summed E-state index contributed by atoms with van der Waals surface area (Å²) in [5, 5.41) is 23.6. The van der Waals surface area contributed by atoms with Crippen molar-refractivity contribution in [3.8, 4) is 5.75 Å². The van der Waals surface area contributed by atoms with Crippen LogP contribution in [0.4, 0.5) is 30.5 Å². The number of carbonyl (C=O) groups is 2. The number of aromatic nitrogens is 2. The number of halogens is 5. The Labute approximate surface area is 302 Å². The number of nitrogens with one attached hydrogen (secondary N) is 4. The molecule has 2 heterocycles.